The quantitative estimate of drug-likeness (QED) is 0.458. The topological polar surface area (TPSA) is 66.5 Å². The number of nitrogens with zero attached hydrogens (tertiary/aromatic N) is 1. The van der Waals surface area contributed by atoms with Crippen molar-refractivity contribution in [1.29, 1.82) is 0 Å². The number of piperidine rings is 1. The molecule has 0 aromatic heterocycles. The maximum absolute atomic E-state index is 12.7. The number of aryl methyl sites for hydroxylation is 1. The van der Waals surface area contributed by atoms with Crippen LogP contribution in [0.5, 0.6) is 0 Å². The first kappa shape index (κ1) is 19.8. The third-order valence-electron chi connectivity index (χ3n) is 5.08. The van der Waals surface area contributed by atoms with Crippen LogP contribution in [0.4, 0.5) is 0 Å². The number of amides is 2. The molecule has 0 bridgehead atoms. The molecule has 0 radical (unpaired) electrons. The fourth-order valence-electron chi connectivity index (χ4n) is 3.56. The minimum absolute atomic E-state index is 0.165. The molecule has 1 aliphatic heterocycles. The number of Topliss-reactive ketones (excluding diaryl/α,β-unsaturated/α-hetero) is 1. The Hall–Kier alpha value is -2.95. The molecule has 1 saturated heterocycles. The van der Waals surface area contributed by atoms with Gasteiger partial charge in [0.15, 0.2) is 0 Å². The van der Waals surface area contributed by atoms with Gasteiger partial charge in [-0.2, -0.15) is 0 Å². The Balaban J connectivity index is 1.55. The van der Waals surface area contributed by atoms with Gasteiger partial charge in [0.1, 0.15) is 6.04 Å². The zero-order valence-electron chi connectivity index (χ0n) is 16.0. The van der Waals surface area contributed by atoms with E-state index >= 15 is 0 Å². The number of ketones is 1. The van der Waals surface area contributed by atoms with Gasteiger partial charge in [-0.1, -0.05) is 60.7 Å². The van der Waals surface area contributed by atoms with E-state index in [2.05, 4.69) is 17.4 Å². The number of nitrogens with one attached hydrogen (secondary N) is 1. The van der Waals surface area contributed by atoms with Crippen LogP contribution in [0.2, 0.25) is 0 Å². The van der Waals surface area contributed by atoms with Crippen molar-refractivity contribution in [2.45, 2.75) is 38.1 Å². The molecule has 0 aliphatic carbocycles. The minimum Gasteiger partial charge on any atom is -0.354 e. The Labute approximate surface area is 165 Å². The molecule has 1 N–H and O–H groups in total. The Kier molecular flexibility index (Phi) is 6.95. The lowest BCUT2D eigenvalue weighted by atomic mass is 9.99. The molecule has 5 nitrogen and oxygen atoms in total. The summed E-state index contributed by atoms with van der Waals surface area (Å²) in [5.41, 5.74) is 1.60. The molecule has 28 heavy (non-hydrogen) atoms. The van der Waals surface area contributed by atoms with Gasteiger partial charge in [0.05, 0.1) is 0 Å². The molecule has 1 heterocycles. The summed E-state index contributed by atoms with van der Waals surface area (Å²) in [6.45, 7) is 0.998. The van der Waals surface area contributed by atoms with Gasteiger partial charge in [-0.3, -0.25) is 14.4 Å². The van der Waals surface area contributed by atoms with Crippen molar-refractivity contribution in [1.82, 2.24) is 10.2 Å². The predicted molar refractivity (Wildman–Crippen MR) is 108 cm³/mol. The lowest BCUT2D eigenvalue weighted by Gasteiger charge is -2.34. The molecule has 0 unspecified atom stereocenters. The first-order valence-electron chi connectivity index (χ1n) is 9.89. The highest BCUT2D eigenvalue weighted by Gasteiger charge is 2.35. The molecule has 2 aromatic carbocycles. The van der Waals surface area contributed by atoms with Crippen LogP contribution in [0.3, 0.4) is 0 Å². The molecular formula is C23H26N2O3. The number of hydrogen-bond donors (Lipinski definition) is 1. The Morgan fingerprint density at radius 2 is 1.61 bits per heavy atom. The maximum atomic E-state index is 12.7. The molecule has 2 amide bonds. The summed E-state index contributed by atoms with van der Waals surface area (Å²) in [6.07, 6.45) is 4.01. The van der Waals surface area contributed by atoms with Gasteiger partial charge in [0.25, 0.3) is 5.91 Å². The Morgan fingerprint density at radius 1 is 0.929 bits per heavy atom. The van der Waals surface area contributed by atoms with Gasteiger partial charge in [0.2, 0.25) is 11.7 Å². The fraction of sp³-hybridized carbons (Fsp3) is 0.348. The normalized spacial score (nSPS) is 16.4. The van der Waals surface area contributed by atoms with Gasteiger partial charge in [-0.05, 0) is 37.7 Å². The second kappa shape index (κ2) is 9.83. The summed E-state index contributed by atoms with van der Waals surface area (Å²) in [7, 11) is 0. The molecule has 0 spiro atoms. The summed E-state index contributed by atoms with van der Waals surface area (Å²) in [5.74, 6) is -1.30. The fourth-order valence-corrected chi connectivity index (χ4v) is 3.56. The largest absolute Gasteiger partial charge is 0.354 e. The van der Waals surface area contributed by atoms with Crippen molar-refractivity contribution < 1.29 is 14.4 Å². The lowest BCUT2D eigenvalue weighted by Crippen LogP contribution is -2.53. The third-order valence-corrected chi connectivity index (χ3v) is 5.08. The highest BCUT2D eigenvalue weighted by Crippen LogP contribution is 2.19. The average Bonchev–Trinajstić information content (AvgIpc) is 2.77. The maximum Gasteiger partial charge on any atom is 0.295 e. The van der Waals surface area contributed by atoms with Crippen LogP contribution in [0, 0.1) is 0 Å². The second-order valence-corrected chi connectivity index (χ2v) is 7.09. The summed E-state index contributed by atoms with van der Waals surface area (Å²) in [5, 5.41) is 2.94. The third kappa shape index (κ3) is 5.06. The van der Waals surface area contributed by atoms with Crippen molar-refractivity contribution in [2.24, 2.45) is 0 Å². The molecule has 2 aromatic rings. The number of benzene rings is 2. The standard InChI is InChI=1S/C23H26N2O3/c26-21(19-13-5-2-6-14-19)23(28)25-17-8-7-15-20(25)22(27)24-16-9-12-18-10-3-1-4-11-18/h1-6,10-11,13-14,20H,7-9,12,15-17H2,(H,24,27)/t20-/m1/s1. The monoisotopic (exact) mass is 378 g/mol. The van der Waals surface area contributed by atoms with E-state index in [-0.39, 0.29) is 5.91 Å². The number of likely N-dealkylation sites (tertiary alicyclic amines) is 1. The van der Waals surface area contributed by atoms with Crippen molar-refractivity contribution in [2.75, 3.05) is 13.1 Å². The van der Waals surface area contributed by atoms with Crippen LogP contribution in [-0.4, -0.2) is 41.6 Å². The van der Waals surface area contributed by atoms with E-state index in [1.54, 1.807) is 30.3 Å². The summed E-state index contributed by atoms with van der Waals surface area (Å²) in [6, 6.07) is 18.1. The minimum atomic E-state index is -0.588. The van der Waals surface area contributed by atoms with Crippen LogP contribution in [-0.2, 0) is 16.0 Å². The Morgan fingerprint density at radius 3 is 2.32 bits per heavy atom. The van der Waals surface area contributed by atoms with E-state index in [4.69, 9.17) is 0 Å². The molecule has 1 fully saturated rings. The highest BCUT2D eigenvalue weighted by molar-refractivity contribution is 6.43. The summed E-state index contributed by atoms with van der Waals surface area (Å²) in [4.78, 5) is 39.3. The van der Waals surface area contributed by atoms with Crippen molar-refractivity contribution in [3.63, 3.8) is 0 Å². The Bertz CT molecular complexity index is 805. The second-order valence-electron chi connectivity index (χ2n) is 7.09. The van der Waals surface area contributed by atoms with Gasteiger partial charge >= 0.3 is 0 Å². The first-order valence-corrected chi connectivity index (χ1v) is 9.89. The van der Waals surface area contributed by atoms with Crippen LogP contribution < -0.4 is 5.32 Å². The lowest BCUT2D eigenvalue weighted by molar-refractivity contribution is -0.138. The van der Waals surface area contributed by atoms with Gasteiger partial charge in [0, 0.05) is 18.7 Å². The molecule has 5 heteroatoms. The van der Waals surface area contributed by atoms with Crippen molar-refractivity contribution in [3.8, 4) is 0 Å². The first-order chi connectivity index (χ1) is 13.7. The summed E-state index contributed by atoms with van der Waals surface area (Å²) < 4.78 is 0. The van der Waals surface area contributed by atoms with Crippen molar-refractivity contribution in [3.05, 3.63) is 71.8 Å². The van der Waals surface area contributed by atoms with E-state index in [1.807, 2.05) is 18.2 Å². The molecule has 146 valence electrons. The van der Waals surface area contributed by atoms with Gasteiger partial charge in [-0.15, -0.1) is 0 Å². The molecular weight excluding hydrogens is 352 g/mol. The van der Waals surface area contributed by atoms with Crippen LogP contribution in [0.15, 0.2) is 60.7 Å². The molecule has 1 atom stereocenters. The van der Waals surface area contributed by atoms with Gasteiger partial charge < -0.3 is 10.2 Å². The summed E-state index contributed by atoms with van der Waals surface area (Å²) >= 11 is 0. The zero-order chi connectivity index (χ0) is 19.8. The number of carbonyl (C=O) groups is 3. The van der Waals surface area contributed by atoms with E-state index in [9.17, 15) is 14.4 Å². The van der Waals surface area contributed by atoms with Gasteiger partial charge in [-0.25, -0.2) is 0 Å². The molecule has 0 saturated carbocycles. The van der Waals surface area contributed by atoms with E-state index in [1.165, 1.54) is 10.5 Å². The molecule has 3 rings (SSSR count). The van der Waals surface area contributed by atoms with Crippen molar-refractivity contribution >= 4 is 17.6 Å². The van der Waals surface area contributed by atoms with E-state index in [0.29, 0.717) is 25.1 Å². The van der Waals surface area contributed by atoms with Crippen LogP contribution in [0.25, 0.3) is 0 Å². The predicted octanol–water partition coefficient (Wildman–Crippen LogP) is 3.00. The van der Waals surface area contributed by atoms with Crippen LogP contribution >= 0.6 is 0 Å². The van der Waals surface area contributed by atoms with E-state index < -0.39 is 17.7 Å². The van der Waals surface area contributed by atoms with E-state index in [0.717, 1.165) is 25.7 Å². The number of rotatable bonds is 7. The average molecular weight is 378 g/mol. The number of hydrogen-bond acceptors (Lipinski definition) is 3. The SMILES string of the molecule is O=C(C(=O)N1CCCC[C@@H]1C(=O)NCCCc1ccccc1)c1ccccc1. The highest BCUT2D eigenvalue weighted by atomic mass is 16.2. The zero-order valence-corrected chi connectivity index (χ0v) is 16.0. The molecule has 1 aliphatic rings. The van der Waals surface area contributed by atoms with Crippen LogP contribution in [0.1, 0.15) is 41.6 Å². The smallest absolute Gasteiger partial charge is 0.295 e. The number of carbonyl (C=O) groups excluding carboxylic acids is 3.